The van der Waals surface area contributed by atoms with Crippen molar-refractivity contribution in [1.29, 1.82) is 0 Å². The quantitative estimate of drug-likeness (QED) is 0.811. The molecule has 20 heavy (non-hydrogen) atoms. The molecule has 2 aromatic rings. The smallest absolute Gasteiger partial charge is 0.195 e. The molecule has 2 heterocycles. The lowest BCUT2D eigenvalue weighted by molar-refractivity contribution is 0.129. The lowest BCUT2D eigenvalue weighted by Gasteiger charge is -2.11. The van der Waals surface area contributed by atoms with Crippen LogP contribution >= 0.6 is 11.8 Å². The molecule has 1 aromatic carbocycles. The summed E-state index contributed by atoms with van der Waals surface area (Å²) in [5.74, 6) is 1.87. The largest absolute Gasteiger partial charge is 0.377 e. The number of nitrogens with zero attached hydrogens (tertiary/aromatic N) is 3. The monoisotopic (exact) mass is 289 g/mol. The summed E-state index contributed by atoms with van der Waals surface area (Å²) in [6.07, 6.45) is 2.70. The molecule has 0 radical (unpaired) electrons. The maximum Gasteiger partial charge on any atom is 0.195 e. The van der Waals surface area contributed by atoms with Gasteiger partial charge in [-0.05, 0) is 44.4 Å². The van der Waals surface area contributed by atoms with Crippen LogP contribution in [0.4, 0.5) is 0 Å². The van der Waals surface area contributed by atoms with Gasteiger partial charge in [-0.25, -0.2) is 0 Å². The maximum absolute atomic E-state index is 5.67. The molecule has 3 rings (SSSR count). The van der Waals surface area contributed by atoms with Gasteiger partial charge in [0.25, 0.3) is 0 Å². The minimum Gasteiger partial charge on any atom is -0.377 e. The Morgan fingerprint density at radius 2 is 2.25 bits per heavy atom. The molecule has 0 bridgehead atoms. The predicted octanol–water partition coefficient (Wildman–Crippen LogP) is 3.16. The van der Waals surface area contributed by atoms with E-state index in [4.69, 9.17) is 4.74 Å². The van der Waals surface area contributed by atoms with Crippen LogP contribution in [0.15, 0.2) is 29.4 Å². The van der Waals surface area contributed by atoms with Crippen molar-refractivity contribution >= 4 is 11.8 Å². The zero-order chi connectivity index (χ0) is 13.9. The highest BCUT2D eigenvalue weighted by molar-refractivity contribution is 7.99. The van der Waals surface area contributed by atoms with Crippen molar-refractivity contribution in [2.75, 3.05) is 12.4 Å². The van der Waals surface area contributed by atoms with Crippen molar-refractivity contribution in [3.63, 3.8) is 0 Å². The lowest BCUT2D eigenvalue weighted by atomic mass is 10.2. The lowest BCUT2D eigenvalue weighted by Crippen LogP contribution is -2.09. The Balaban J connectivity index is 1.81. The molecule has 0 amide bonds. The second-order valence-electron chi connectivity index (χ2n) is 5.15. The summed E-state index contributed by atoms with van der Waals surface area (Å²) in [6, 6.07) is 8.42. The number of thioether (sulfide) groups is 1. The number of hydrogen-bond donors (Lipinski definition) is 0. The van der Waals surface area contributed by atoms with E-state index in [-0.39, 0.29) is 0 Å². The third kappa shape index (κ3) is 2.88. The molecule has 0 aliphatic carbocycles. The summed E-state index contributed by atoms with van der Waals surface area (Å²) < 4.78 is 7.79. The van der Waals surface area contributed by atoms with Crippen LogP contribution < -0.4 is 0 Å². The molecular formula is C15H19N3OS. The van der Waals surface area contributed by atoms with Crippen molar-refractivity contribution in [3.05, 3.63) is 35.7 Å². The number of aryl methyl sites for hydroxylation is 2. The van der Waals surface area contributed by atoms with E-state index in [2.05, 4.69) is 46.0 Å². The molecule has 0 saturated carbocycles. The Morgan fingerprint density at radius 1 is 1.35 bits per heavy atom. The summed E-state index contributed by atoms with van der Waals surface area (Å²) in [5.41, 5.74) is 2.37. The average Bonchev–Trinajstić information content (AvgIpc) is 3.06. The Kier molecular flexibility index (Phi) is 4.08. The van der Waals surface area contributed by atoms with E-state index in [1.165, 1.54) is 12.0 Å². The SMILES string of the molecule is Cc1cccc(-n2c(C)nnc2SC[C@H]2CCCO2)c1. The molecule has 4 nitrogen and oxygen atoms in total. The molecule has 106 valence electrons. The summed E-state index contributed by atoms with van der Waals surface area (Å²) in [4.78, 5) is 0. The fourth-order valence-corrected chi connectivity index (χ4v) is 3.51. The summed E-state index contributed by atoms with van der Waals surface area (Å²) in [6.45, 7) is 4.99. The van der Waals surface area contributed by atoms with Crippen LogP contribution in [0.25, 0.3) is 5.69 Å². The molecule has 0 spiro atoms. The van der Waals surface area contributed by atoms with Gasteiger partial charge in [0, 0.05) is 18.0 Å². The molecule has 1 aromatic heterocycles. The minimum atomic E-state index is 0.364. The number of hydrogen-bond acceptors (Lipinski definition) is 4. The molecule has 1 fully saturated rings. The van der Waals surface area contributed by atoms with Crippen molar-refractivity contribution in [2.24, 2.45) is 0 Å². The topological polar surface area (TPSA) is 39.9 Å². The normalized spacial score (nSPS) is 18.6. The van der Waals surface area contributed by atoms with E-state index in [1.54, 1.807) is 11.8 Å². The maximum atomic E-state index is 5.67. The molecule has 0 N–H and O–H groups in total. The van der Waals surface area contributed by atoms with Gasteiger partial charge in [-0.3, -0.25) is 4.57 Å². The Morgan fingerprint density at radius 3 is 3.00 bits per heavy atom. The van der Waals surface area contributed by atoms with E-state index in [9.17, 15) is 0 Å². The second-order valence-corrected chi connectivity index (χ2v) is 6.14. The Bertz CT molecular complexity index is 591. The summed E-state index contributed by atoms with van der Waals surface area (Å²) in [5, 5.41) is 9.47. The molecule has 1 aliphatic heterocycles. The first-order valence-electron chi connectivity index (χ1n) is 6.97. The minimum absolute atomic E-state index is 0.364. The third-order valence-corrected chi connectivity index (χ3v) is 4.54. The van der Waals surface area contributed by atoms with E-state index in [0.717, 1.165) is 35.4 Å². The fraction of sp³-hybridized carbons (Fsp3) is 0.467. The first-order chi connectivity index (χ1) is 9.74. The van der Waals surface area contributed by atoms with Crippen LogP contribution in [0.1, 0.15) is 24.2 Å². The van der Waals surface area contributed by atoms with Gasteiger partial charge in [-0.1, -0.05) is 23.9 Å². The van der Waals surface area contributed by atoms with Crippen LogP contribution in [0.2, 0.25) is 0 Å². The van der Waals surface area contributed by atoms with Crippen molar-refractivity contribution in [1.82, 2.24) is 14.8 Å². The molecule has 1 aliphatic rings. The van der Waals surface area contributed by atoms with E-state index < -0.39 is 0 Å². The molecule has 5 heteroatoms. The molecular weight excluding hydrogens is 270 g/mol. The zero-order valence-corrected chi connectivity index (χ0v) is 12.7. The third-order valence-electron chi connectivity index (χ3n) is 3.48. The highest BCUT2D eigenvalue weighted by Crippen LogP contribution is 2.25. The second kappa shape index (κ2) is 5.97. The van der Waals surface area contributed by atoms with Crippen molar-refractivity contribution in [3.8, 4) is 5.69 Å². The zero-order valence-electron chi connectivity index (χ0n) is 11.9. The summed E-state index contributed by atoms with van der Waals surface area (Å²) >= 11 is 1.73. The Hall–Kier alpha value is -1.33. The van der Waals surface area contributed by atoms with E-state index in [0.29, 0.717) is 6.10 Å². The van der Waals surface area contributed by atoms with Gasteiger partial charge >= 0.3 is 0 Å². The van der Waals surface area contributed by atoms with Gasteiger partial charge in [0.1, 0.15) is 5.82 Å². The van der Waals surface area contributed by atoms with Gasteiger partial charge in [0.05, 0.1) is 6.10 Å². The number of aromatic nitrogens is 3. The number of ether oxygens (including phenoxy) is 1. The van der Waals surface area contributed by atoms with Gasteiger partial charge in [-0.15, -0.1) is 10.2 Å². The van der Waals surface area contributed by atoms with E-state index >= 15 is 0 Å². The summed E-state index contributed by atoms with van der Waals surface area (Å²) in [7, 11) is 0. The fourth-order valence-electron chi connectivity index (χ4n) is 2.44. The molecule has 1 atom stereocenters. The van der Waals surface area contributed by atoms with E-state index in [1.807, 2.05) is 6.92 Å². The van der Waals surface area contributed by atoms with Gasteiger partial charge in [0.2, 0.25) is 0 Å². The predicted molar refractivity (Wildman–Crippen MR) is 80.5 cm³/mol. The molecule has 0 unspecified atom stereocenters. The van der Waals surface area contributed by atoms with Crippen LogP contribution in [-0.4, -0.2) is 33.2 Å². The van der Waals surface area contributed by atoms with Crippen LogP contribution in [0.5, 0.6) is 0 Å². The van der Waals surface area contributed by atoms with Crippen molar-refractivity contribution < 1.29 is 4.74 Å². The first-order valence-corrected chi connectivity index (χ1v) is 7.96. The van der Waals surface area contributed by atoms with Crippen molar-refractivity contribution in [2.45, 2.75) is 37.9 Å². The Labute approximate surface area is 123 Å². The van der Waals surface area contributed by atoms with Crippen LogP contribution in [0.3, 0.4) is 0 Å². The van der Waals surface area contributed by atoms with Gasteiger partial charge < -0.3 is 4.74 Å². The number of rotatable bonds is 4. The highest BCUT2D eigenvalue weighted by atomic mass is 32.2. The first kappa shape index (κ1) is 13.6. The van der Waals surface area contributed by atoms with Gasteiger partial charge in [0.15, 0.2) is 5.16 Å². The average molecular weight is 289 g/mol. The highest BCUT2D eigenvalue weighted by Gasteiger charge is 2.18. The number of benzene rings is 1. The molecule has 1 saturated heterocycles. The van der Waals surface area contributed by atoms with Gasteiger partial charge in [-0.2, -0.15) is 0 Å². The van der Waals surface area contributed by atoms with Crippen LogP contribution in [0, 0.1) is 13.8 Å². The van der Waals surface area contributed by atoms with Crippen LogP contribution in [-0.2, 0) is 4.74 Å². The standard InChI is InChI=1S/C15H19N3OS/c1-11-5-3-6-13(9-11)18-12(2)16-17-15(18)20-10-14-7-4-8-19-14/h3,5-6,9,14H,4,7-8,10H2,1-2H3/t14-/m1/s1.